The maximum absolute atomic E-state index is 12.4. The number of nitrogens with one attached hydrogen (secondary N) is 1. The molecule has 0 spiro atoms. The summed E-state index contributed by atoms with van der Waals surface area (Å²) in [5, 5.41) is 22.9. The molecule has 0 fully saturated rings. The van der Waals surface area contributed by atoms with E-state index in [2.05, 4.69) is 31.3 Å². The van der Waals surface area contributed by atoms with Gasteiger partial charge in [0.15, 0.2) is 0 Å². The molecule has 0 aliphatic carbocycles. The largest absolute Gasteiger partial charge is 0.466 e. The van der Waals surface area contributed by atoms with E-state index in [-0.39, 0.29) is 18.5 Å². The van der Waals surface area contributed by atoms with Crippen molar-refractivity contribution in [3.63, 3.8) is 0 Å². The van der Waals surface area contributed by atoms with Gasteiger partial charge in [-0.1, -0.05) is 224 Å². The van der Waals surface area contributed by atoms with E-state index in [1.165, 1.54) is 186 Å². The highest BCUT2D eigenvalue weighted by molar-refractivity contribution is 5.76. The first-order valence-corrected chi connectivity index (χ1v) is 25.6. The van der Waals surface area contributed by atoms with Crippen LogP contribution in [0.2, 0.25) is 0 Å². The summed E-state index contributed by atoms with van der Waals surface area (Å²) in [5.74, 6) is -0.0886. The van der Waals surface area contributed by atoms with E-state index < -0.39 is 12.1 Å². The first-order chi connectivity index (χ1) is 28.5. The first-order valence-electron chi connectivity index (χ1n) is 25.6. The summed E-state index contributed by atoms with van der Waals surface area (Å²) < 4.78 is 5.47. The number of aliphatic hydroxyl groups excluding tert-OH is 2. The van der Waals surface area contributed by atoms with Gasteiger partial charge in [0.05, 0.1) is 25.4 Å². The van der Waals surface area contributed by atoms with Gasteiger partial charge in [-0.05, 0) is 57.8 Å². The Balaban J connectivity index is 3.42. The van der Waals surface area contributed by atoms with Crippen LogP contribution in [-0.4, -0.2) is 47.4 Å². The number of esters is 1. The molecule has 58 heavy (non-hydrogen) atoms. The summed E-state index contributed by atoms with van der Waals surface area (Å²) in [5.41, 5.74) is 0. The molecule has 0 aromatic carbocycles. The Hall–Kier alpha value is -1.66. The second kappa shape index (κ2) is 48.0. The lowest BCUT2D eigenvalue weighted by molar-refractivity contribution is -0.143. The van der Waals surface area contributed by atoms with Gasteiger partial charge in [0.25, 0.3) is 0 Å². The molecule has 0 rings (SSSR count). The predicted molar refractivity (Wildman–Crippen MR) is 250 cm³/mol. The third-order valence-electron chi connectivity index (χ3n) is 11.7. The summed E-state index contributed by atoms with van der Waals surface area (Å²) in [4.78, 5) is 24.4. The summed E-state index contributed by atoms with van der Waals surface area (Å²) >= 11 is 0. The Morgan fingerprint density at radius 2 is 0.810 bits per heavy atom. The van der Waals surface area contributed by atoms with Crippen molar-refractivity contribution in [3.8, 4) is 0 Å². The average Bonchev–Trinajstić information content (AvgIpc) is 3.22. The molecule has 1 amide bonds. The molecule has 3 N–H and O–H groups in total. The van der Waals surface area contributed by atoms with Crippen molar-refractivity contribution in [1.82, 2.24) is 5.32 Å². The topological polar surface area (TPSA) is 95.9 Å². The van der Waals surface area contributed by atoms with Crippen LogP contribution in [-0.2, 0) is 14.3 Å². The van der Waals surface area contributed by atoms with E-state index in [0.29, 0.717) is 19.4 Å². The maximum Gasteiger partial charge on any atom is 0.305 e. The first kappa shape index (κ1) is 56.3. The summed E-state index contributed by atoms with van der Waals surface area (Å²) in [6.45, 7) is 4.85. The van der Waals surface area contributed by atoms with Crippen LogP contribution < -0.4 is 5.32 Å². The number of ether oxygens (including phenoxy) is 1. The standard InChI is InChI=1S/C52H99NO5/c1-3-5-7-9-11-13-14-15-16-17-18-19-23-26-30-34-38-42-46-52(57)58-47-43-39-35-31-27-24-21-20-22-25-29-33-37-41-45-51(56)53-49(48-54)50(55)44-40-36-32-28-12-10-8-6-4-2/h16-17,40,44,49-50,54-55H,3-15,18-39,41-43,45-48H2,1-2H3,(H,53,56)/b17-16-,44-40+. The Labute approximate surface area is 361 Å². The number of allylic oxidation sites excluding steroid dienone is 3. The lowest BCUT2D eigenvalue weighted by atomic mass is 10.0. The minimum atomic E-state index is -0.849. The molecule has 0 radical (unpaired) electrons. The molecular weight excluding hydrogens is 719 g/mol. The molecule has 2 atom stereocenters. The third kappa shape index (κ3) is 43.9. The van der Waals surface area contributed by atoms with Crippen LogP contribution >= 0.6 is 0 Å². The zero-order valence-corrected chi connectivity index (χ0v) is 38.8. The number of rotatable bonds is 47. The van der Waals surface area contributed by atoms with Gasteiger partial charge in [0, 0.05) is 12.8 Å². The maximum atomic E-state index is 12.4. The average molecular weight is 818 g/mol. The fourth-order valence-corrected chi connectivity index (χ4v) is 7.74. The molecule has 0 heterocycles. The Bertz CT molecular complexity index is 904. The molecule has 6 heteroatoms. The Morgan fingerprint density at radius 1 is 0.466 bits per heavy atom. The van der Waals surface area contributed by atoms with Crippen molar-refractivity contribution in [2.75, 3.05) is 13.2 Å². The number of carbonyl (C=O) groups excluding carboxylic acids is 2. The van der Waals surface area contributed by atoms with Gasteiger partial charge in [-0.2, -0.15) is 0 Å². The molecule has 342 valence electrons. The highest BCUT2D eigenvalue weighted by Crippen LogP contribution is 2.15. The van der Waals surface area contributed by atoms with Crippen LogP contribution in [0.1, 0.15) is 271 Å². The molecule has 0 aliphatic rings. The van der Waals surface area contributed by atoms with E-state index >= 15 is 0 Å². The molecule has 0 aromatic heterocycles. The van der Waals surface area contributed by atoms with Crippen LogP contribution in [0.5, 0.6) is 0 Å². The van der Waals surface area contributed by atoms with Crippen LogP contribution in [0.25, 0.3) is 0 Å². The Kier molecular flexibility index (Phi) is 46.6. The Morgan fingerprint density at radius 3 is 1.22 bits per heavy atom. The van der Waals surface area contributed by atoms with Gasteiger partial charge in [-0.15, -0.1) is 0 Å². The molecule has 0 saturated heterocycles. The number of carbonyl (C=O) groups is 2. The number of amides is 1. The van der Waals surface area contributed by atoms with Gasteiger partial charge in [-0.25, -0.2) is 0 Å². The van der Waals surface area contributed by atoms with Gasteiger partial charge in [0.2, 0.25) is 5.91 Å². The molecule has 0 aliphatic heterocycles. The zero-order chi connectivity index (χ0) is 42.3. The van der Waals surface area contributed by atoms with Crippen molar-refractivity contribution >= 4 is 11.9 Å². The number of aliphatic hydroxyl groups is 2. The fraction of sp³-hybridized carbons (Fsp3) is 0.885. The minimum absolute atomic E-state index is 0.00704. The smallest absolute Gasteiger partial charge is 0.305 e. The molecule has 0 bridgehead atoms. The molecule has 6 nitrogen and oxygen atoms in total. The number of hydrogen-bond donors (Lipinski definition) is 3. The van der Waals surface area contributed by atoms with Crippen molar-refractivity contribution in [1.29, 1.82) is 0 Å². The van der Waals surface area contributed by atoms with E-state index in [0.717, 1.165) is 57.8 Å². The van der Waals surface area contributed by atoms with Crippen molar-refractivity contribution in [2.45, 2.75) is 283 Å². The minimum Gasteiger partial charge on any atom is -0.466 e. The van der Waals surface area contributed by atoms with Crippen LogP contribution in [0.3, 0.4) is 0 Å². The highest BCUT2D eigenvalue weighted by atomic mass is 16.5. The van der Waals surface area contributed by atoms with Crippen LogP contribution in [0.15, 0.2) is 24.3 Å². The van der Waals surface area contributed by atoms with Gasteiger partial charge >= 0.3 is 5.97 Å². The number of unbranched alkanes of at least 4 members (excludes halogenated alkanes) is 34. The third-order valence-corrected chi connectivity index (χ3v) is 11.7. The lowest BCUT2D eigenvalue weighted by Crippen LogP contribution is -2.45. The molecular formula is C52H99NO5. The van der Waals surface area contributed by atoms with E-state index in [1.807, 2.05) is 6.08 Å². The quantitative estimate of drug-likeness (QED) is 0.0323. The molecule has 0 aromatic rings. The van der Waals surface area contributed by atoms with Crippen LogP contribution in [0.4, 0.5) is 0 Å². The SMILES string of the molecule is CCCCCCCCC/C=C\CCCCCCCCCC(=O)OCCCCCCCCCCCCCCCCC(=O)NC(CO)C(O)/C=C/CCCCCCCCC. The summed E-state index contributed by atoms with van der Waals surface area (Å²) in [7, 11) is 0. The lowest BCUT2D eigenvalue weighted by Gasteiger charge is -2.20. The zero-order valence-electron chi connectivity index (χ0n) is 38.8. The monoisotopic (exact) mass is 818 g/mol. The number of hydrogen-bond acceptors (Lipinski definition) is 5. The molecule has 2 unspecified atom stereocenters. The normalized spacial score (nSPS) is 12.8. The van der Waals surface area contributed by atoms with E-state index in [1.54, 1.807) is 6.08 Å². The van der Waals surface area contributed by atoms with Crippen molar-refractivity contribution in [2.24, 2.45) is 0 Å². The second-order valence-corrected chi connectivity index (χ2v) is 17.5. The predicted octanol–water partition coefficient (Wildman–Crippen LogP) is 15.1. The van der Waals surface area contributed by atoms with Crippen LogP contribution in [0, 0.1) is 0 Å². The second-order valence-electron chi connectivity index (χ2n) is 17.5. The summed E-state index contributed by atoms with van der Waals surface area (Å²) in [6, 6.07) is -0.633. The fourth-order valence-electron chi connectivity index (χ4n) is 7.74. The van der Waals surface area contributed by atoms with E-state index in [9.17, 15) is 19.8 Å². The van der Waals surface area contributed by atoms with E-state index in [4.69, 9.17) is 4.74 Å². The summed E-state index contributed by atoms with van der Waals surface area (Å²) in [6.07, 6.45) is 56.1. The van der Waals surface area contributed by atoms with Crippen molar-refractivity contribution < 1.29 is 24.5 Å². The van der Waals surface area contributed by atoms with Gasteiger partial charge in [0.1, 0.15) is 0 Å². The molecule has 0 saturated carbocycles. The van der Waals surface area contributed by atoms with Gasteiger partial charge in [-0.3, -0.25) is 9.59 Å². The highest BCUT2D eigenvalue weighted by Gasteiger charge is 2.18. The van der Waals surface area contributed by atoms with Gasteiger partial charge < -0.3 is 20.3 Å². The van der Waals surface area contributed by atoms with Crippen molar-refractivity contribution in [3.05, 3.63) is 24.3 Å².